The molecule has 2 heterocycles. The third-order valence-electron chi connectivity index (χ3n) is 6.15. The van der Waals surface area contributed by atoms with Gasteiger partial charge in [-0.25, -0.2) is 9.97 Å². The largest absolute Gasteiger partial charge is 0.460 e. The number of ether oxygens (including phenoxy) is 1. The van der Waals surface area contributed by atoms with Gasteiger partial charge in [0, 0.05) is 23.5 Å². The van der Waals surface area contributed by atoms with Gasteiger partial charge in [-0.1, -0.05) is 48.0 Å². The smallest absolute Gasteiger partial charge is 0.317 e. The molecule has 0 atom stereocenters. The molecule has 1 aliphatic rings. The molecule has 0 unspecified atom stereocenters. The minimum atomic E-state index is -0.257. The van der Waals surface area contributed by atoms with Gasteiger partial charge in [-0.2, -0.15) is 4.98 Å². The Balaban J connectivity index is 1.53. The van der Waals surface area contributed by atoms with E-state index < -0.39 is 0 Å². The van der Waals surface area contributed by atoms with E-state index in [1.54, 1.807) is 24.5 Å². The standard InChI is InChI=1S/C27H26N4O3/c1-17-7-9-18(10-8-17)22-15-28-25(31-26(33)19-5-3-2-4-6-19)23-16-29-27(30-24(22)23)34-21-13-11-20(32)12-14-21/h2-10,15-16,20-21,32H,11-14H2,1H3,(H,28,31,33). The normalized spacial score (nSPS) is 17.9. The number of hydrogen-bond acceptors (Lipinski definition) is 6. The van der Waals surface area contributed by atoms with Crippen LogP contribution in [0.4, 0.5) is 5.82 Å². The van der Waals surface area contributed by atoms with E-state index in [4.69, 9.17) is 9.72 Å². The van der Waals surface area contributed by atoms with Crippen LogP contribution < -0.4 is 10.1 Å². The van der Waals surface area contributed by atoms with E-state index in [1.165, 1.54) is 0 Å². The first-order chi connectivity index (χ1) is 16.6. The molecule has 2 aromatic heterocycles. The average molecular weight is 455 g/mol. The molecule has 2 aromatic carbocycles. The Bertz CT molecular complexity index is 1300. The molecule has 0 bridgehead atoms. The van der Waals surface area contributed by atoms with Gasteiger partial charge in [0.05, 0.1) is 17.0 Å². The molecule has 0 saturated heterocycles. The van der Waals surface area contributed by atoms with Gasteiger partial charge in [0.2, 0.25) is 0 Å². The van der Waals surface area contributed by atoms with Gasteiger partial charge in [0.25, 0.3) is 5.91 Å². The van der Waals surface area contributed by atoms with Gasteiger partial charge < -0.3 is 15.2 Å². The number of rotatable bonds is 5. The van der Waals surface area contributed by atoms with E-state index >= 15 is 0 Å². The maximum Gasteiger partial charge on any atom is 0.317 e. The number of aliphatic hydroxyl groups is 1. The molecule has 7 heteroatoms. The second-order valence-corrected chi connectivity index (χ2v) is 8.67. The summed E-state index contributed by atoms with van der Waals surface area (Å²) in [4.78, 5) is 26.5. The summed E-state index contributed by atoms with van der Waals surface area (Å²) >= 11 is 0. The monoisotopic (exact) mass is 454 g/mol. The van der Waals surface area contributed by atoms with E-state index in [2.05, 4.69) is 15.3 Å². The third kappa shape index (κ3) is 4.75. The second-order valence-electron chi connectivity index (χ2n) is 8.67. The van der Waals surface area contributed by atoms with E-state index in [9.17, 15) is 9.90 Å². The van der Waals surface area contributed by atoms with Crippen LogP contribution in [0.15, 0.2) is 67.0 Å². The number of fused-ring (bicyclic) bond motifs is 1. The van der Waals surface area contributed by atoms with Crippen LogP contribution in [0.2, 0.25) is 0 Å². The summed E-state index contributed by atoms with van der Waals surface area (Å²) in [6.45, 7) is 2.04. The lowest BCUT2D eigenvalue weighted by molar-refractivity contribution is 0.0620. The van der Waals surface area contributed by atoms with Gasteiger partial charge in [-0.15, -0.1) is 0 Å². The van der Waals surface area contributed by atoms with Gasteiger partial charge >= 0.3 is 6.01 Å². The van der Waals surface area contributed by atoms with E-state index in [-0.39, 0.29) is 24.1 Å². The van der Waals surface area contributed by atoms with Crippen molar-refractivity contribution in [3.8, 4) is 17.1 Å². The molecule has 0 spiro atoms. The van der Waals surface area contributed by atoms with Gasteiger partial charge in [-0.3, -0.25) is 4.79 Å². The highest BCUT2D eigenvalue weighted by Gasteiger charge is 2.22. The Kier molecular flexibility index (Phi) is 6.18. The molecule has 2 N–H and O–H groups in total. The number of aromatic nitrogens is 3. The molecule has 1 saturated carbocycles. The Morgan fingerprint density at radius 1 is 0.971 bits per heavy atom. The first kappa shape index (κ1) is 22.0. The Hall–Kier alpha value is -3.84. The zero-order valence-corrected chi connectivity index (χ0v) is 18.9. The van der Waals surface area contributed by atoms with Crippen LogP contribution in [0.1, 0.15) is 41.6 Å². The predicted molar refractivity (Wildman–Crippen MR) is 131 cm³/mol. The molecular weight excluding hydrogens is 428 g/mol. The van der Waals surface area contributed by atoms with Crippen LogP contribution in [-0.4, -0.2) is 38.2 Å². The van der Waals surface area contributed by atoms with Gasteiger partial charge in [-0.05, 0) is 50.3 Å². The highest BCUT2D eigenvalue weighted by molar-refractivity contribution is 6.09. The Morgan fingerprint density at radius 3 is 2.44 bits per heavy atom. The summed E-state index contributed by atoms with van der Waals surface area (Å²) in [5.41, 5.74) is 4.16. The highest BCUT2D eigenvalue weighted by Crippen LogP contribution is 2.32. The highest BCUT2D eigenvalue weighted by atomic mass is 16.5. The Labute approximate surface area is 197 Å². The number of pyridine rings is 1. The minimum Gasteiger partial charge on any atom is -0.460 e. The van der Waals surface area contributed by atoms with Crippen LogP contribution in [0.25, 0.3) is 22.0 Å². The molecule has 1 fully saturated rings. The number of aryl methyl sites for hydroxylation is 1. The lowest BCUT2D eigenvalue weighted by Crippen LogP contribution is -2.27. The lowest BCUT2D eigenvalue weighted by atomic mass is 9.95. The minimum absolute atomic E-state index is 0.0252. The Morgan fingerprint density at radius 2 is 1.71 bits per heavy atom. The fraction of sp³-hybridized carbons (Fsp3) is 0.259. The van der Waals surface area contributed by atoms with Crippen molar-refractivity contribution in [2.45, 2.75) is 44.8 Å². The van der Waals surface area contributed by atoms with Crippen molar-refractivity contribution >= 4 is 22.6 Å². The van der Waals surface area contributed by atoms with Crippen LogP contribution in [-0.2, 0) is 0 Å². The maximum absolute atomic E-state index is 12.8. The number of hydrogen-bond donors (Lipinski definition) is 2. The molecule has 34 heavy (non-hydrogen) atoms. The summed E-state index contributed by atoms with van der Waals surface area (Å²) in [6.07, 6.45) is 6.06. The maximum atomic E-state index is 12.8. The molecule has 5 rings (SSSR count). The van der Waals surface area contributed by atoms with Crippen molar-refractivity contribution in [2.75, 3.05) is 5.32 Å². The van der Waals surface area contributed by atoms with Crippen molar-refractivity contribution in [3.63, 3.8) is 0 Å². The lowest BCUT2D eigenvalue weighted by Gasteiger charge is -2.25. The summed E-state index contributed by atoms with van der Waals surface area (Å²) in [5, 5.41) is 13.3. The number of anilines is 1. The molecule has 0 aliphatic heterocycles. The number of nitrogens with zero attached hydrogens (tertiary/aromatic N) is 3. The van der Waals surface area contributed by atoms with Crippen molar-refractivity contribution < 1.29 is 14.6 Å². The van der Waals surface area contributed by atoms with Gasteiger partial charge in [0.15, 0.2) is 0 Å². The number of amides is 1. The molecular formula is C27H26N4O3. The third-order valence-corrected chi connectivity index (χ3v) is 6.15. The fourth-order valence-corrected chi connectivity index (χ4v) is 4.19. The van der Waals surface area contributed by atoms with E-state index in [0.29, 0.717) is 35.1 Å². The van der Waals surface area contributed by atoms with Crippen molar-refractivity contribution in [2.24, 2.45) is 0 Å². The van der Waals surface area contributed by atoms with Crippen LogP contribution in [0.3, 0.4) is 0 Å². The van der Waals surface area contributed by atoms with E-state index in [1.807, 2.05) is 49.4 Å². The zero-order chi connectivity index (χ0) is 23.5. The zero-order valence-electron chi connectivity index (χ0n) is 18.9. The molecule has 172 valence electrons. The van der Waals surface area contributed by atoms with Gasteiger partial charge in [0.1, 0.15) is 11.9 Å². The van der Waals surface area contributed by atoms with Crippen molar-refractivity contribution in [1.29, 1.82) is 0 Å². The second kappa shape index (κ2) is 9.57. The van der Waals surface area contributed by atoms with Crippen LogP contribution >= 0.6 is 0 Å². The predicted octanol–water partition coefficient (Wildman–Crippen LogP) is 4.93. The summed E-state index contributed by atoms with van der Waals surface area (Å²) in [6, 6.07) is 17.4. The van der Waals surface area contributed by atoms with Crippen molar-refractivity contribution in [3.05, 3.63) is 78.1 Å². The molecule has 1 aliphatic carbocycles. The first-order valence-corrected chi connectivity index (χ1v) is 11.5. The fourth-order valence-electron chi connectivity index (χ4n) is 4.19. The number of carbonyl (C=O) groups excluding carboxylic acids is 1. The molecule has 1 amide bonds. The summed E-state index contributed by atoms with van der Waals surface area (Å²) in [5.74, 6) is 0.144. The SMILES string of the molecule is Cc1ccc(-c2cnc(NC(=O)c3ccccc3)c3cnc(OC4CCC(O)CC4)nc23)cc1. The summed E-state index contributed by atoms with van der Waals surface area (Å²) < 4.78 is 6.07. The first-order valence-electron chi connectivity index (χ1n) is 11.5. The number of benzene rings is 2. The van der Waals surface area contributed by atoms with Crippen LogP contribution in [0.5, 0.6) is 6.01 Å². The topological polar surface area (TPSA) is 97.2 Å². The number of aliphatic hydroxyl groups excluding tert-OH is 1. The van der Waals surface area contributed by atoms with Crippen LogP contribution in [0, 0.1) is 6.92 Å². The van der Waals surface area contributed by atoms with Crippen molar-refractivity contribution in [1.82, 2.24) is 15.0 Å². The number of nitrogens with one attached hydrogen (secondary N) is 1. The quantitative estimate of drug-likeness (QED) is 0.444. The molecule has 4 aromatic rings. The summed E-state index contributed by atoms with van der Waals surface area (Å²) in [7, 11) is 0. The number of carbonyl (C=O) groups is 1. The molecule has 7 nitrogen and oxygen atoms in total. The average Bonchev–Trinajstić information content (AvgIpc) is 2.87. The molecule has 0 radical (unpaired) electrons. The van der Waals surface area contributed by atoms with E-state index in [0.717, 1.165) is 29.5 Å².